The summed E-state index contributed by atoms with van der Waals surface area (Å²) in [5.74, 6) is 0.918. The highest BCUT2D eigenvalue weighted by Gasteiger charge is 2.22. The van der Waals surface area contributed by atoms with E-state index in [9.17, 15) is 8.42 Å². The van der Waals surface area contributed by atoms with Gasteiger partial charge in [0.05, 0.1) is 6.26 Å². The summed E-state index contributed by atoms with van der Waals surface area (Å²) in [6, 6.07) is 20.8. The van der Waals surface area contributed by atoms with Crippen molar-refractivity contribution in [3.05, 3.63) is 71.8 Å². The van der Waals surface area contributed by atoms with Gasteiger partial charge in [0, 0.05) is 31.6 Å². The number of hydrogen-bond donors (Lipinski definition) is 3. The molecule has 29 heavy (non-hydrogen) atoms. The van der Waals surface area contributed by atoms with Crippen molar-refractivity contribution < 1.29 is 8.42 Å². The maximum atomic E-state index is 11.5. The highest BCUT2D eigenvalue weighted by atomic mass is 32.2. The summed E-state index contributed by atoms with van der Waals surface area (Å²) >= 11 is 0. The lowest BCUT2D eigenvalue weighted by Gasteiger charge is -2.27. The Morgan fingerprint density at radius 1 is 1.00 bits per heavy atom. The maximum absolute atomic E-state index is 11.5. The monoisotopic (exact) mass is 416 g/mol. The first-order chi connectivity index (χ1) is 13.7. The zero-order valence-corrected chi connectivity index (χ0v) is 18.5. The van der Waals surface area contributed by atoms with Gasteiger partial charge in [0.1, 0.15) is 0 Å². The van der Waals surface area contributed by atoms with Crippen molar-refractivity contribution in [2.45, 2.75) is 31.7 Å². The van der Waals surface area contributed by atoms with E-state index in [1.54, 1.807) is 7.05 Å². The minimum absolute atomic E-state index is 0.277. The van der Waals surface area contributed by atoms with Crippen LogP contribution in [0.3, 0.4) is 0 Å². The lowest BCUT2D eigenvalue weighted by Crippen LogP contribution is -2.53. The van der Waals surface area contributed by atoms with Gasteiger partial charge in [-0.15, -0.1) is 0 Å². The quantitative estimate of drug-likeness (QED) is 0.433. The second-order valence-corrected chi connectivity index (χ2v) is 9.61. The van der Waals surface area contributed by atoms with Crippen LogP contribution in [0.4, 0.5) is 0 Å². The summed E-state index contributed by atoms with van der Waals surface area (Å²) in [7, 11) is -1.57. The summed E-state index contributed by atoms with van der Waals surface area (Å²) in [6.07, 6.45) is 2.08. The molecule has 7 heteroatoms. The average Bonchev–Trinajstić information content (AvgIpc) is 2.66. The lowest BCUT2D eigenvalue weighted by molar-refractivity contribution is 0.446. The van der Waals surface area contributed by atoms with E-state index < -0.39 is 15.6 Å². The Morgan fingerprint density at radius 3 is 2.14 bits per heavy atom. The molecule has 0 spiro atoms. The average molecular weight is 417 g/mol. The van der Waals surface area contributed by atoms with Crippen LogP contribution in [-0.4, -0.2) is 46.3 Å². The highest BCUT2D eigenvalue weighted by Crippen LogP contribution is 2.20. The molecule has 0 aliphatic rings. The Balaban J connectivity index is 2.01. The maximum Gasteiger partial charge on any atom is 0.209 e. The fourth-order valence-electron chi connectivity index (χ4n) is 3.21. The van der Waals surface area contributed by atoms with Crippen LogP contribution >= 0.6 is 0 Å². The summed E-state index contributed by atoms with van der Waals surface area (Å²) in [4.78, 5) is 4.28. The summed E-state index contributed by atoms with van der Waals surface area (Å²) in [5, 5.41) is 6.60. The molecule has 0 bridgehead atoms. The second-order valence-electron chi connectivity index (χ2n) is 7.86. The molecule has 158 valence electrons. The highest BCUT2D eigenvalue weighted by molar-refractivity contribution is 7.88. The minimum atomic E-state index is -3.28. The van der Waals surface area contributed by atoms with Crippen LogP contribution in [-0.2, 0) is 16.4 Å². The van der Waals surface area contributed by atoms with Crippen LogP contribution in [0, 0.1) is 0 Å². The Kier molecular flexibility index (Phi) is 8.22. The van der Waals surface area contributed by atoms with Gasteiger partial charge in [0.25, 0.3) is 0 Å². The minimum Gasteiger partial charge on any atom is -0.356 e. The molecule has 0 saturated carbocycles. The van der Waals surface area contributed by atoms with Crippen molar-refractivity contribution in [2.75, 3.05) is 26.4 Å². The zero-order valence-electron chi connectivity index (χ0n) is 17.6. The number of sulfonamides is 1. The van der Waals surface area contributed by atoms with Crippen LogP contribution < -0.4 is 15.4 Å². The van der Waals surface area contributed by atoms with Crippen LogP contribution in [0.15, 0.2) is 65.7 Å². The number of nitrogens with one attached hydrogen (secondary N) is 3. The van der Waals surface area contributed by atoms with Gasteiger partial charge in [-0.2, -0.15) is 0 Å². The molecular weight excluding hydrogens is 384 g/mol. The third-order valence-corrected chi connectivity index (χ3v) is 5.42. The van der Waals surface area contributed by atoms with E-state index >= 15 is 0 Å². The lowest BCUT2D eigenvalue weighted by atomic mass is 9.92. The first-order valence-electron chi connectivity index (χ1n) is 9.71. The number of guanidine groups is 1. The molecule has 1 atom stereocenters. The van der Waals surface area contributed by atoms with Crippen LogP contribution in [0.25, 0.3) is 0 Å². The van der Waals surface area contributed by atoms with Crippen LogP contribution in [0.1, 0.15) is 30.9 Å². The normalized spacial score (nSPS) is 13.7. The van der Waals surface area contributed by atoms with Gasteiger partial charge in [-0.1, -0.05) is 60.7 Å². The van der Waals surface area contributed by atoms with Crippen LogP contribution in [0.2, 0.25) is 0 Å². The van der Waals surface area contributed by atoms with E-state index in [4.69, 9.17) is 0 Å². The molecule has 0 heterocycles. The molecule has 0 aromatic heterocycles. The molecule has 0 radical (unpaired) electrons. The van der Waals surface area contributed by atoms with Gasteiger partial charge >= 0.3 is 0 Å². The Morgan fingerprint density at radius 2 is 1.59 bits per heavy atom. The molecule has 6 nitrogen and oxygen atoms in total. The molecule has 1 unspecified atom stereocenters. The molecule has 0 aliphatic carbocycles. The molecule has 2 rings (SSSR count). The number of rotatable bonds is 9. The summed E-state index contributed by atoms with van der Waals surface area (Å²) in [6.45, 7) is 4.78. The second kappa shape index (κ2) is 10.4. The largest absolute Gasteiger partial charge is 0.356 e. The predicted octanol–water partition coefficient (Wildman–Crippen LogP) is 2.51. The molecule has 0 fully saturated rings. The van der Waals surface area contributed by atoms with Gasteiger partial charge in [-0.05, 0) is 31.4 Å². The van der Waals surface area contributed by atoms with Crippen molar-refractivity contribution in [1.29, 1.82) is 0 Å². The first kappa shape index (κ1) is 22.9. The topological polar surface area (TPSA) is 82.6 Å². The smallest absolute Gasteiger partial charge is 0.209 e. The standard InChI is InChI=1S/C22H32N4O2S/c1-22(2,26-29(4,27)28)17-25-21(23-3)24-16-20(19-13-9-6-10-14-19)15-18-11-7-5-8-12-18/h5-14,20,26H,15-17H2,1-4H3,(H2,23,24,25). The fourth-order valence-corrected chi connectivity index (χ4v) is 4.29. The predicted molar refractivity (Wildman–Crippen MR) is 121 cm³/mol. The van der Waals surface area contributed by atoms with Gasteiger partial charge in [0.2, 0.25) is 10.0 Å². The van der Waals surface area contributed by atoms with Crippen molar-refractivity contribution in [2.24, 2.45) is 4.99 Å². The molecule has 0 saturated heterocycles. The molecule has 0 aliphatic heterocycles. The summed E-state index contributed by atoms with van der Waals surface area (Å²) < 4.78 is 25.7. The number of benzene rings is 2. The third kappa shape index (κ3) is 8.66. The van der Waals surface area contributed by atoms with Crippen molar-refractivity contribution >= 4 is 16.0 Å². The first-order valence-corrected chi connectivity index (χ1v) is 11.6. The number of hydrogen-bond acceptors (Lipinski definition) is 3. The van der Waals surface area contributed by atoms with Gasteiger partial charge in [0.15, 0.2) is 5.96 Å². The third-order valence-electron chi connectivity index (χ3n) is 4.49. The van der Waals surface area contributed by atoms with Crippen molar-refractivity contribution in [3.8, 4) is 0 Å². The fraction of sp³-hybridized carbons (Fsp3) is 0.409. The molecule has 0 amide bonds. The molecule has 2 aromatic rings. The van der Waals surface area contributed by atoms with Gasteiger partial charge < -0.3 is 10.6 Å². The Labute approximate surface area is 174 Å². The van der Waals surface area contributed by atoms with E-state index in [0.29, 0.717) is 19.0 Å². The Hall–Kier alpha value is -2.38. The van der Waals surface area contributed by atoms with Crippen molar-refractivity contribution in [1.82, 2.24) is 15.4 Å². The van der Waals surface area contributed by atoms with E-state index in [1.165, 1.54) is 11.1 Å². The zero-order chi connectivity index (χ0) is 21.3. The molecular formula is C22H32N4O2S. The van der Waals surface area contributed by atoms with Crippen molar-refractivity contribution in [3.63, 3.8) is 0 Å². The molecule has 3 N–H and O–H groups in total. The number of aliphatic imine (C=N–C) groups is 1. The number of nitrogens with zero attached hydrogens (tertiary/aromatic N) is 1. The van der Waals surface area contributed by atoms with E-state index in [0.717, 1.165) is 12.7 Å². The van der Waals surface area contributed by atoms with Gasteiger partial charge in [-0.3, -0.25) is 4.99 Å². The van der Waals surface area contributed by atoms with Crippen LogP contribution in [0.5, 0.6) is 0 Å². The molecule has 2 aromatic carbocycles. The van der Waals surface area contributed by atoms with E-state index in [-0.39, 0.29) is 5.92 Å². The van der Waals surface area contributed by atoms with E-state index in [1.807, 2.05) is 26.0 Å². The van der Waals surface area contributed by atoms with E-state index in [2.05, 4.69) is 68.9 Å². The SMILES string of the molecule is CN=C(NCC(Cc1ccccc1)c1ccccc1)NCC(C)(C)NS(C)(=O)=O. The summed E-state index contributed by atoms with van der Waals surface area (Å²) in [5.41, 5.74) is 1.91. The Bertz CT molecular complexity index is 882. The van der Waals surface area contributed by atoms with Gasteiger partial charge in [-0.25, -0.2) is 13.1 Å².